The molecule has 1 aromatic carbocycles. The standard InChI is InChI=1S/C18H29NO8/c1-2-3-8-26-18(25)13-6-4-12(5-7-13)11-27-19-9-14(21)16(23)17(24)15(22)10-20/h4-7,14-17,19-24H,2-3,8-11H2,1H3/t14?,15?,16?,17-/m0/s1. The number of hydrogen-bond donors (Lipinski definition) is 6. The molecule has 0 saturated carbocycles. The van der Waals surface area contributed by atoms with Crippen LogP contribution in [0.4, 0.5) is 0 Å². The van der Waals surface area contributed by atoms with Crippen LogP contribution < -0.4 is 5.48 Å². The summed E-state index contributed by atoms with van der Waals surface area (Å²) in [5, 5.41) is 46.8. The lowest BCUT2D eigenvalue weighted by atomic mass is 10.0. The minimum Gasteiger partial charge on any atom is -0.462 e. The van der Waals surface area contributed by atoms with Crippen molar-refractivity contribution in [3.8, 4) is 0 Å². The summed E-state index contributed by atoms with van der Waals surface area (Å²) in [5.41, 5.74) is 3.65. The first-order valence-corrected chi connectivity index (χ1v) is 8.84. The van der Waals surface area contributed by atoms with Crippen molar-refractivity contribution in [2.45, 2.75) is 50.8 Å². The highest BCUT2D eigenvalue weighted by molar-refractivity contribution is 5.89. The van der Waals surface area contributed by atoms with Gasteiger partial charge in [0.05, 0.1) is 31.5 Å². The maximum Gasteiger partial charge on any atom is 0.338 e. The Hall–Kier alpha value is -1.59. The number of nitrogens with one attached hydrogen (secondary N) is 1. The maximum atomic E-state index is 11.8. The normalized spacial score (nSPS) is 15.8. The molecule has 0 radical (unpaired) electrons. The second-order valence-electron chi connectivity index (χ2n) is 6.12. The third-order valence-electron chi connectivity index (χ3n) is 3.88. The topological polar surface area (TPSA) is 149 Å². The number of hydrogen-bond acceptors (Lipinski definition) is 9. The van der Waals surface area contributed by atoms with E-state index in [0.717, 1.165) is 18.4 Å². The van der Waals surface area contributed by atoms with Gasteiger partial charge in [-0.05, 0) is 24.1 Å². The zero-order valence-electron chi connectivity index (χ0n) is 15.3. The molecule has 0 fully saturated rings. The van der Waals surface area contributed by atoms with Crippen LogP contribution in [0.25, 0.3) is 0 Å². The third kappa shape index (κ3) is 8.31. The Kier molecular flexibility index (Phi) is 11.1. The predicted molar refractivity (Wildman–Crippen MR) is 95.5 cm³/mol. The number of ether oxygens (including phenoxy) is 1. The molecule has 9 nitrogen and oxygen atoms in total. The number of hydroxylamine groups is 1. The first kappa shape index (κ1) is 23.4. The van der Waals surface area contributed by atoms with Gasteiger partial charge in [0.1, 0.15) is 18.3 Å². The molecule has 0 aromatic heterocycles. The van der Waals surface area contributed by atoms with E-state index in [2.05, 4.69) is 5.48 Å². The summed E-state index contributed by atoms with van der Waals surface area (Å²) < 4.78 is 5.11. The van der Waals surface area contributed by atoms with Crippen molar-refractivity contribution in [1.82, 2.24) is 5.48 Å². The van der Waals surface area contributed by atoms with Gasteiger partial charge in [-0.15, -0.1) is 0 Å². The van der Waals surface area contributed by atoms with Crippen molar-refractivity contribution >= 4 is 5.97 Å². The summed E-state index contributed by atoms with van der Waals surface area (Å²) in [7, 11) is 0. The van der Waals surface area contributed by atoms with Crippen LogP contribution in [0.15, 0.2) is 24.3 Å². The highest BCUT2D eigenvalue weighted by atomic mass is 16.6. The average Bonchev–Trinajstić information content (AvgIpc) is 2.69. The number of aliphatic hydroxyl groups excluding tert-OH is 5. The number of esters is 1. The number of rotatable bonds is 13. The van der Waals surface area contributed by atoms with Gasteiger partial charge in [-0.3, -0.25) is 4.84 Å². The lowest BCUT2D eigenvalue weighted by Crippen LogP contribution is -2.48. The number of benzene rings is 1. The van der Waals surface area contributed by atoms with E-state index in [0.29, 0.717) is 12.2 Å². The van der Waals surface area contributed by atoms with Crippen molar-refractivity contribution in [2.75, 3.05) is 19.8 Å². The molecule has 0 saturated heterocycles. The summed E-state index contributed by atoms with van der Waals surface area (Å²) in [5.74, 6) is -0.380. The number of unbranched alkanes of at least 4 members (excludes halogenated alkanes) is 1. The van der Waals surface area contributed by atoms with E-state index in [9.17, 15) is 25.2 Å². The van der Waals surface area contributed by atoms with Crippen molar-refractivity contribution in [2.24, 2.45) is 0 Å². The molecule has 4 atom stereocenters. The Morgan fingerprint density at radius 3 is 2.30 bits per heavy atom. The Morgan fingerprint density at radius 2 is 1.70 bits per heavy atom. The Morgan fingerprint density at radius 1 is 1.07 bits per heavy atom. The lowest BCUT2D eigenvalue weighted by molar-refractivity contribution is -0.122. The number of carbonyl (C=O) groups is 1. The van der Waals surface area contributed by atoms with Gasteiger partial charge in [0.25, 0.3) is 0 Å². The van der Waals surface area contributed by atoms with Gasteiger partial charge in [-0.2, -0.15) is 5.48 Å². The van der Waals surface area contributed by atoms with Crippen molar-refractivity contribution in [3.05, 3.63) is 35.4 Å². The molecule has 0 aliphatic rings. The lowest BCUT2D eigenvalue weighted by Gasteiger charge is -2.25. The molecule has 1 rings (SSSR count). The van der Waals surface area contributed by atoms with E-state index < -0.39 is 31.0 Å². The molecular weight excluding hydrogens is 358 g/mol. The SMILES string of the molecule is CCCCOC(=O)c1ccc(CONCC(O)C(O)[C@@H](O)C(O)CO)cc1. The molecule has 1 aromatic rings. The molecule has 0 bridgehead atoms. The Balaban J connectivity index is 2.33. The van der Waals surface area contributed by atoms with Crippen LogP contribution in [0.1, 0.15) is 35.7 Å². The molecule has 6 N–H and O–H groups in total. The van der Waals surface area contributed by atoms with Crippen LogP contribution in [0.3, 0.4) is 0 Å². The zero-order valence-corrected chi connectivity index (χ0v) is 15.3. The third-order valence-corrected chi connectivity index (χ3v) is 3.88. The second-order valence-corrected chi connectivity index (χ2v) is 6.12. The molecule has 27 heavy (non-hydrogen) atoms. The molecular formula is C18H29NO8. The van der Waals surface area contributed by atoms with Crippen molar-refractivity contribution < 1.29 is 39.9 Å². The van der Waals surface area contributed by atoms with Gasteiger partial charge < -0.3 is 30.3 Å². The van der Waals surface area contributed by atoms with Gasteiger partial charge in [0.2, 0.25) is 0 Å². The summed E-state index contributed by atoms with van der Waals surface area (Å²) in [4.78, 5) is 16.9. The molecule has 0 spiro atoms. The highest BCUT2D eigenvalue weighted by Crippen LogP contribution is 2.08. The first-order valence-electron chi connectivity index (χ1n) is 8.84. The minimum atomic E-state index is -1.68. The molecule has 3 unspecified atom stereocenters. The zero-order chi connectivity index (χ0) is 20.2. The van der Waals surface area contributed by atoms with E-state index in [1.54, 1.807) is 24.3 Å². The van der Waals surface area contributed by atoms with Crippen LogP contribution in [0.5, 0.6) is 0 Å². The predicted octanol–water partition coefficient (Wildman–Crippen LogP) is -0.899. The van der Waals surface area contributed by atoms with E-state index in [1.165, 1.54) is 0 Å². The van der Waals surface area contributed by atoms with Crippen LogP contribution in [0.2, 0.25) is 0 Å². The molecule has 0 aliphatic heterocycles. The quantitative estimate of drug-likeness (QED) is 0.144. The monoisotopic (exact) mass is 387 g/mol. The van der Waals surface area contributed by atoms with Gasteiger partial charge in [-0.1, -0.05) is 25.5 Å². The molecule has 9 heteroatoms. The van der Waals surface area contributed by atoms with E-state index >= 15 is 0 Å². The fourth-order valence-electron chi connectivity index (χ4n) is 2.09. The fourth-order valence-corrected chi connectivity index (χ4v) is 2.09. The van der Waals surface area contributed by atoms with Gasteiger partial charge >= 0.3 is 5.97 Å². The van der Waals surface area contributed by atoms with Crippen molar-refractivity contribution in [3.63, 3.8) is 0 Å². The largest absolute Gasteiger partial charge is 0.462 e. The summed E-state index contributed by atoms with van der Waals surface area (Å²) in [6, 6.07) is 6.64. The van der Waals surface area contributed by atoms with E-state index in [-0.39, 0.29) is 19.1 Å². The summed E-state index contributed by atoms with van der Waals surface area (Å²) in [6.45, 7) is 1.59. The molecule has 154 valence electrons. The van der Waals surface area contributed by atoms with E-state index in [4.69, 9.17) is 14.7 Å². The van der Waals surface area contributed by atoms with Gasteiger partial charge in [0, 0.05) is 6.54 Å². The summed E-state index contributed by atoms with van der Waals surface area (Å²) >= 11 is 0. The average molecular weight is 387 g/mol. The number of carbonyl (C=O) groups excluding carboxylic acids is 1. The Bertz CT molecular complexity index is 539. The van der Waals surface area contributed by atoms with Gasteiger partial charge in [0.15, 0.2) is 0 Å². The molecule has 0 heterocycles. The van der Waals surface area contributed by atoms with Crippen LogP contribution in [-0.2, 0) is 16.2 Å². The first-order chi connectivity index (χ1) is 12.9. The maximum absolute atomic E-state index is 11.8. The Labute approximate surface area is 158 Å². The van der Waals surface area contributed by atoms with Crippen molar-refractivity contribution in [1.29, 1.82) is 0 Å². The smallest absolute Gasteiger partial charge is 0.338 e. The van der Waals surface area contributed by atoms with Crippen LogP contribution in [0, 0.1) is 0 Å². The number of aliphatic hydroxyl groups is 5. The van der Waals surface area contributed by atoms with Gasteiger partial charge in [-0.25, -0.2) is 4.79 Å². The van der Waals surface area contributed by atoms with E-state index in [1.807, 2.05) is 6.92 Å². The van der Waals surface area contributed by atoms with Crippen LogP contribution >= 0.6 is 0 Å². The van der Waals surface area contributed by atoms with Crippen LogP contribution in [-0.4, -0.2) is 75.7 Å². The fraction of sp³-hybridized carbons (Fsp3) is 0.611. The summed E-state index contributed by atoms with van der Waals surface area (Å²) in [6.07, 6.45) is -4.54. The highest BCUT2D eigenvalue weighted by Gasteiger charge is 2.29. The minimum absolute atomic E-state index is 0.135. The molecule has 0 aliphatic carbocycles. The second kappa shape index (κ2) is 12.7. The molecule has 0 amide bonds.